The van der Waals surface area contributed by atoms with E-state index in [9.17, 15) is 0 Å². The Morgan fingerprint density at radius 2 is 2.10 bits per heavy atom. The van der Waals surface area contributed by atoms with Crippen molar-refractivity contribution < 1.29 is 4.74 Å². The molecule has 0 unspecified atom stereocenters. The van der Waals surface area contributed by atoms with Gasteiger partial charge in [0.1, 0.15) is 0 Å². The van der Waals surface area contributed by atoms with Crippen molar-refractivity contribution >= 4 is 31.7 Å². The summed E-state index contributed by atoms with van der Waals surface area (Å²) in [5.74, 6) is 0. The van der Waals surface area contributed by atoms with E-state index in [0.29, 0.717) is 17.9 Å². The SMILES string of the molecule is N=C([Se])c1cn(COCc2ccccc2)c2ncncc12. The third-order valence-corrected chi connectivity index (χ3v) is 3.59. The maximum atomic E-state index is 7.78. The Labute approximate surface area is 130 Å². The number of benzene rings is 1. The van der Waals surface area contributed by atoms with E-state index in [2.05, 4.69) is 26.0 Å². The molecular formula is C15H13N4OSe. The van der Waals surface area contributed by atoms with Crippen molar-refractivity contribution in [3.8, 4) is 0 Å². The summed E-state index contributed by atoms with van der Waals surface area (Å²) in [5, 5.41) is 8.63. The molecule has 0 saturated carbocycles. The first kappa shape index (κ1) is 13.9. The summed E-state index contributed by atoms with van der Waals surface area (Å²) in [7, 11) is 0. The molecule has 105 valence electrons. The molecule has 0 aliphatic rings. The number of aromatic nitrogens is 3. The molecule has 1 N–H and O–H groups in total. The molecule has 2 heterocycles. The first-order chi connectivity index (χ1) is 10.3. The second-order valence-corrected chi connectivity index (χ2v) is 5.42. The van der Waals surface area contributed by atoms with E-state index < -0.39 is 0 Å². The van der Waals surface area contributed by atoms with Crippen LogP contribution >= 0.6 is 0 Å². The zero-order valence-electron chi connectivity index (χ0n) is 11.2. The standard InChI is InChI=1S/C15H13N4OSe/c16-14(21)13-7-19(15-12(13)6-17-9-18-15)10-20-8-11-4-2-1-3-5-11/h1-7,9,16H,8,10H2. The third-order valence-electron chi connectivity index (χ3n) is 3.12. The van der Waals surface area contributed by atoms with Crippen molar-refractivity contribution in [1.82, 2.24) is 14.5 Å². The summed E-state index contributed by atoms with van der Waals surface area (Å²) >= 11 is 2.72. The molecule has 0 aliphatic carbocycles. The van der Waals surface area contributed by atoms with Gasteiger partial charge in [-0.05, 0) is 0 Å². The normalized spacial score (nSPS) is 10.9. The monoisotopic (exact) mass is 345 g/mol. The number of hydrogen-bond acceptors (Lipinski definition) is 4. The maximum absolute atomic E-state index is 7.78. The first-order valence-electron chi connectivity index (χ1n) is 6.42. The van der Waals surface area contributed by atoms with Crippen molar-refractivity contribution in [2.75, 3.05) is 0 Å². The number of rotatable bonds is 5. The molecule has 0 aliphatic heterocycles. The van der Waals surface area contributed by atoms with Gasteiger partial charge < -0.3 is 0 Å². The zero-order valence-corrected chi connectivity index (χ0v) is 12.9. The minimum absolute atomic E-state index is 0.372. The van der Waals surface area contributed by atoms with Crippen molar-refractivity contribution in [2.24, 2.45) is 0 Å². The molecular weight excluding hydrogens is 331 g/mol. The molecule has 1 radical (unpaired) electrons. The summed E-state index contributed by atoms with van der Waals surface area (Å²) < 4.78 is 7.99. The van der Waals surface area contributed by atoms with Crippen LogP contribution < -0.4 is 0 Å². The molecule has 0 bridgehead atoms. The van der Waals surface area contributed by atoms with Gasteiger partial charge in [0.25, 0.3) is 0 Å². The fourth-order valence-corrected chi connectivity index (χ4v) is 2.49. The predicted molar refractivity (Wildman–Crippen MR) is 81.3 cm³/mol. The van der Waals surface area contributed by atoms with E-state index in [0.717, 1.165) is 22.2 Å². The van der Waals surface area contributed by atoms with Gasteiger partial charge in [-0.1, -0.05) is 0 Å². The summed E-state index contributed by atoms with van der Waals surface area (Å²) in [6.07, 6.45) is 5.09. The van der Waals surface area contributed by atoms with E-state index >= 15 is 0 Å². The predicted octanol–water partition coefficient (Wildman–Crippen LogP) is 2.10. The van der Waals surface area contributed by atoms with Crippen LogP contribution in [0.15, 0.2) is 49.1 Å². The Balaban J connectivity index is 1.79. The van der Waals surface area contributed by atoms with E-state index in [1.54, 1.807) is 6.20 Å². The quantitative estimate of drug-likeness (QED) is 0.569. The summed E-state index contributed by atoms with van der Waals surface area (Å²) in [6.45, 7) is 0.923. The Bertz CT molecular complexity index is 770. The topological polar surface area (TPSA) is 63.8 Å². The van der Waals surface area contributed by atoms with Gasteiger partial charge in [0.2, 0.25) is 0 Å². The van der Waals surface area contributed by atoms with Crippen LogP contribution in [0.2, 0.25) is 0 Å². The molecule has 0 saturated heterocycles. The molecule has 21 heavy (non-hydrogen) atoms. The van der Waals surface area contributed by atoms with Gasteiger partial charge in [-0.15, -0.1) is 0 Å². The van der Waals surface area contributed by atoms with Crippen LogP contribution in [-0.4, -0.2) is 35.2 Å². The van der Waals surface area contributed by atoms with Crippen LogP contribution in [0, 0.1) is 5.41 Å². The molecule has 3 rings (SSSR count). The number of nitrogens with one attached hydrogen (secondary N) is 1. The molecule has 0 amide bonds. The Morgan fingerprint density at radius 3 is 2.86 bits per heavy atom. The minimum atomic E-state index is 0.372. The second-order valence-electron chi connectivity index (χ2n) is 4.56. The van der Waals surface area contributed by atoms with E-state index in [1.165, 1.54) is 6.33 Å². The summed E-state index contributed by atoms with van der Waals surface area (Å²) in [6, 6.07) is 10.0. The van der Waals surface area contributed by atoms with Crippen LogP contribution in [0.3, 0.4) is 0 Å². The van der Waals surface area contributed by atoms with E-state index in [1.807, 2.05) is 41.1 Å². The third kappa shape index (κ3) is 3.03. The van der Waals surface area contributed by atoms with Crippen molar-refractivity contribution in [2.45, 2.75) is 13.3 Å². The molecule has 0 spiro atoms. The molecule has 0 fully saturated rings. The Hall–Kier alpha value is -2.01. The summed E-state index contributed by atoms with van der Waals surface area (Å²) in [5.41, 5.74) is 2.68. The molecule has 6 heteroatoms. The van der Waals surface area contributed by atoms with Crippen LogP contribution in [0.5, 0.6) is 0 Å². The van der Waals surface area contributed by atoms with Crippen molar-refractivity contribution in [1.29, 1.82) is 5.41 Å². The Kier molecular flexibility index (Phi) is 4.10. The fourth-order valence-electron chi connectivity index (χ4n) is 2.14. The number of fused-ring (bicyclic) bond motifs is 1. The summed E-state index contributed by atoms with van der Waals surface area (Å²) in [4.78, 5) is 8.29. The van der Waals surface area contributed by atoms with Gasteiger partial charge in [-0.25, -0.2) is 0 Å². The fraction of sp³-hybridized carbons (Fsp3) is 0.133. The second kappa shape index (κ2) is 6.18. The van der Waals surface area contributed by atoms with Crippen LogP contribution in [-0.2, 0) is 18.1 Å². The molecule has 1 aromatic carbocycles. The van der Waals surface area contributed by atoms with E-state index in [4.69, 9.17) is 10.1 Å². The van der Waals surface area contributed by atoms with Gasteiger partial charge in [0.05, 0.1) is 0 Å². The van der Waals surface area contributed by atoms with E-state index in [-0.39, 0.29) is 0 Å². The average Bonchev–Trinajstić information content (AvgIpc) is 2.88. The number of nitrogens with zero attached hydrogens (tertiary/aromatic N) is 3. The van der Waals surface area contributed by atoms with Crippen LogP contribution in [0.4, 0.5) is 0 Å². The average molecular weight is 344 g/mol. The van der Waals surface area contributed by atoms with Crippen LogP contribution in [0.25, 0.3) is 11.0 Å². The zero-order chi connectivity index (χ0) is 14.7. The van der Waals surface area contributed by atoms with Gasteiger partial charge in [0.15, 0.2) is 0 Å². The molecule has 0 atom stereocenters. The van der Waals surface area contributed by atoms with Gasteiger partial charge in [0, 0.05) is 0 Å². The van der Waals surface area contributed by atoms with Gasteiger partial charge in [-0.3, -0.25) is 0 Å². The molecule has 2 aromatic heterocycles. The molecule has 5 nitrogen and oxygen atoms in total. The van der Waals surface area contributed by atoms with Crippen molar-refractivity contribution in [3.05, 3.63) is 60.2 Å². The molecule has 3 aromatic rings. The number of hydrogen-bond donors (Lipinski definition) is 1. The van der Waals surface area contributed by atoms with Crippen molar-refractivity contribution in [3.63, 3.8) is 0 Å². The Morgan fingerprint density at radius 1 is 1.29 bits per heavy atom. The number of ether oxygens (including phenoxy) is 1. The first-order valence-corrected chi connectivity index (χ1v) is 7.28. The van der Waals surface area contributed by atoms with Gasteiger partial charge >= 0.3 is 130 Å². The van der Waals surface area contributed by atoms with Gasteiger partial charge in [-0.2, -0.15) is 0 Å². The van der Waals surface area contributed by atoms with Crippen LogP contribution in [0.1, 0.15) is 11.1 Å².